The van der Waals surface area contributed by atoms with Gasteiger partial charge in [0.1, 0.15) is 18.6 Å². The second-order valence-corrected chi connectivity index (χ2v) is 13.2. The molecule has 41 heavy (non-hydrogen) atoms. The van der Waals surface area contributed by atoms with Gasteiger partial charge in [-0.2, -0.15) is 0 Å². The van der Waals surface area contributed by atoms with Crippen molar-refractivity contribution in [1.82, 2.24) is 35.3 Å². The predicted molar refractivity (Wildman–Crippen MR) is 147 cm³/mol. The molecule has 0 saturated carbocycles. The predicted octanol–water partition coefficient (Wildman–Crippen LogP) is -0.935. The molecular formula is C26H38N8O6S. The summed E-state index contributed by atoms with van der Waals surface area (Å²) in [7, 11) is 0. The lowest BCUT2D eigenvalue weighted by Crippen LogP contribution is -2.62. The molecule has 4 aliphatic heterocycles. The van der Waals surface area contributed by atoms with Crippen molar-refractivity contribution in [3.05, 3.63) is 16.9 Å². The molecule has 2 amide bonds. The maximum Gasteiger partial charge on any atom is 0.353 e. The fourth-order valence-electron chi connectivity index (χ4n) is 6.76. The van der Waals surface area contributed by atoms with Gasteiger partial charge in [0, 0.05) is 54.1 Å². The normalized spacial score (nSPS) is 29.9. The second kappa shape index (κ2) is 11.8. The number of hydrogen-bond acceptors (Lipinski definition) is 11. The molecule has 4 aliphatic rings. The molecule has 0 bridgehead atoms. The van der Waals surface area contributed by atoms with Gasteiger partial charge in [-0.25, -0.2) is 9.48 Å². The molecule has 14 nitrogen and oxygen atoms in total. The Morgan fingerprint density at radius 1 is 1.29 bits per heavy atom. The van der Waals surface area contributed by atoms with Crippen LogP contribution in [-0.2, 0) is 25.7 Å². The zero-order chi connectivity index (χ0) is 29.5. The zero-order valence-electron chi connectivity index (χ0n) is 23.3. The van der Waals surface area contributed by atoms with E-state index in [0.717, 1.165) is 0 Å². The van der Waals surface area contributed by atoms with Crippen LogP contribution in [0.4, 0.5) is 0 Å². The van der Waals surface area contributed by atoms with Crippen LogP contribution in [0.2, 0.25) is 0 Å². The number of aliphatic carboxylic acids is 1. The average Bonchev–Trinajstić information content (AvgIpc) is 3.69. The number of fused-ring (bicyclic) bond motifs is 1. The van der Waals surface area contributed by atoms with Crippen molar-refractivity contribution in [2.75, 3.05) is 32.8 Å². The van der Waals surface area contributed by atoms with Crippen molar-refractivity contribution in [2.24, 2.45) is 28.9 Å². The Balaban J connectivity index is 1.20. The minimum Gasteiger partial charge on any atom is -0.477 e. The molecule has 5 rings (SSSR count). The summed E-state index contributed by atoms with van der Waals surface area (Å²) in [6, 6.07) is -0.684. The first kappa shape index (κ1) is 29.6. The van der Waals surface area contributed by atoms with E-state index < -0.39 is 11.9 Å². The van der Waals surface area contributed by atoms with Crippen LogP contribution in [0.3, 0.4) is 0 Å². The molecule has 5 N–H and O–H groups in total. The monoisotopic (exact) mass is 590 g/mol. The van der Waals surface area contributed by atoms with Crippen molar-refractivity contribution in [3.63, 3.8) is 0 Å². The lowest BCUT2D eigenvalue weighted by atomic mass is 9.73. The van der Waals surface area contributed by atoms with Crippen LogP contribution >= 0.6 is 11.8 Å². The Kier molecular flexibility index (Phi) is 8.51. The van der Waals surface area contributed by atoms with E-state index in [0.29, 0.717) is 50.3 Å². The van der Waals surface area contributed by atoms with Gasteiger partial charge in [-0.15, -0.1) is 16.9 Å². The van der Waals surface area contributed by atoms with E-state index in [9.17, 15) is 29.4 Å². The maximum absolute atomic E-state index is 13.2. The summed E-state index contributed by atoms with van der Waals surface area (Å²) < 4.78 is 1.34. The van der Waals surface area contributed by atoms with Crippen molar-refractivity contribution >= 4 is 35.3 Å². The zero-order valence-corrected chi connectivity index (χ0v) is 24.1. The second-order valence-electron chi connectivity index (χ2n) is 11.9. The van der Waals surface area contributed by atoms with E-state index in [1.165, 1.54) is 27.7 Å². The summed E-state index contributed by atoms with van der Waals surface area (Å²) in [5.74, 6) is -2.42. The third-order valence-corrected chi connectivity index (χ3v) is 10.8. The van der Waals surface area contributed by atoms with Gasteiger partial charge in [0.15, 0.2) is 5.78 Å². The molecule has 1 aromatic rings. The summed E-state index contributed by atoms with van der Waals surface area (Å²) >= 11 is 1.44. The quantitative estimate of drug-likeness (QED) is 0.231. The molecule has 3 saturated heterocycles. The van der Waals surface area contributed by atoms with Crippen molar-refractivity contribution < 1.29 is 29.4 Å². The number of ketones is 1. The van der Waals surface area contributed by atoms with Crippen molar-refractivity contribution in [1.29, 1.82) is 0 Å². The van der Waals surface area contributed by atoms with E-state index in [2.05, 4.69) is 20.8 Å². The summed E-state index contributed by atoms with van der Waals surface area (Å²) in [4.78, 5) is 55.2. The van der Waals surface area contributed by atoms with Crippen LogP contribution in [0.1, 0.15) is 39.5 Å². The molecule has 15 heteroatoms. The van der Waals surface area contributed by atoms with Gasteiger partial charge in [0.25, 0.3) is 0 Å². The number of hydrogen-bond donors (Lipinski definition) is 4. The maximum atomic E-state index is 13.2. The number of tetrazole rings is 1. The Morgan fingerprint density at radius 2 is 2.02 bits per heavy atom. The standard InChI is InChI=1S/C26H38N8O6S/c1-14(7-16(36)10-33-13-29-30-31-33)19-20-15(2)22(21(25(39)40)34(20)24(19)38)41-17-8-18(28-9-17)23(37)32-5-3-26(11-27,12-35)4-6-32/h13-15,17-20,28,35H,3-12,27H2,1-2H3,(H,39,40)/t14-,15+,17-,18-,19+,20+/m0/s1. The average molecular weight is 591 g/mol. The van der Waals surface area contributed by atoms with Gasteiger partial charge < -0.3 is 31.1 Å². The van der Waals surface area contributed by atoms with Crippen molar-refractivity contribution in [2.45, 2.75) is 63.4 Å². The summed E-state index contributed by atoms with van der Waals surface area (Å²) in [6.45, 7) is 5.86. The van der Waals surface area contributed by atoms with E-state index in [4.69, 9.17) is 5.73 Å². The molecule has 3 fully saturated rings. The molecule has 1 aromatic heterocycles. The number of nitrogens with two attached hydrogens (primary N) is 1. The van der Waals surface area contributed by atoms with Crippen LogP contribution in [0.25, 0.3) is 0 Å². The largest absolute Gasteiger partial charge is 0.477 e. The van der Waals surface area contributed by atoms with Crippen molar-refractivity contribution in [3.8, 4) is 0 Å². The number of aliphatic hydroxyl groups excluding tert-OH is 1. The first-order chi connectivity index (χ1) is 19.6. The Bertz CT molecular complexity index is 1210. The number of nitrogens with one attached hydrogen (secondary N) is 1. The topological polar surface area (TPSA) is 197 Å². The van der Waals surface area contributed by atoms with E-state index >= 15 is 0 Å². The molecule has 0 aromatic carbocycles. The van der Waals surface area contributed by atoms with Crippen LogP contribution in [-0.4, -0.2) is 114 Å². The number of aliphatic hydroxyl groups is 1. The van der Waals surface area contributed by atoms with Gasteiger partial charge in [-0.05, 0) is 35.6 Å². The van der Waals surface area contributed by atoms with Gasteiger partial charge in [-0.3, -0.25) is 14.4 Å². The molecule has 0 unspecified atom stereocenters. The SMILES string of the molecule is C[C@@H](CC(=O)Cn1cnnn1)[C@H]1C(=O)N2C(C(=O)O)=C(S[C@@H]3CN[C@H](C(=O)N4CCC(CN)(CO)CC4)C3)[C@H](C)[C@H]12. The molecule has 5 heterocycles. The number of likely N-dealkylation sites (tertiary alicyclic amines) is 1. The van der Waals surface area contributed by atoms with Crippen LogP contribution in [0, 0.1) is 23.2 Å². The highest BCUT2D eigenvalue weighted by atomic mass is 32.2. The highest BCUT2D eigenvalue weighted by Gasteiger charge is 2.60. The van der Waals surface area contributed by atoms with E-state index in [-0.39, 0.29) is 77.5 Å². The fourth-order valence-corrected chi connectivity index (χ4v) is 8.24. The fraction of sp³-hybridized carbons (Fsp3) is 0.731. The van der Waals surface area contributed by atoms with Gasteiger partial charge in [-0.1, -0.05) is 13.8 Å². The number of carboxylic acids is 1. The summed E-state index contributed by atoms with van der Waals surface area (Å²) in [6.07, 6.45) is 3.40. The molecular weight excluding hydrogens is 552 g/mol. The lowest BCUT2D eigenvalue weighted by molar-refractivity contribution is -0.160. The number of thioether (sulfide) groups is 1. The molecule has 0 aliphatic carbocycles. The lowest BCUT2D eigenvalue weighted by Gasteiger charge is -2.47. The Labute approximate surface area is 242 Å². The van der Waals surface area contributed by atoms with E-state index in [1.54, 1.807) is 0 Å². The highest BCUT2D eigenvalue weighted by molar-refractivity contribution is 8.03. The van der Waals surface area contributed by atoms with Gasteiger partial charge in [0.2, 0.25) is 11.8 Å². The van der Waals surface area contributed by atoms with Gasteiger partial charge in [0.05, 0.1) is 24.6 Å². The van der Waals surface area contributed by atoms with Crippen LogP contribution in [0.15, 0.2) is 16.9 Å². The van der Waals surface area contributed by atoms with Crippen LogP contribution in [0.5, 0.6) is 0 Å². The third-order valence-electron chi connectivity index (χ3n) is 9.27. The number of amides is 2. The van der Waals surface area contributed by atoms with Gasteiger partial charge >= 0.3 is 5.97 Å². The number of aromatic nitrogens is 4. The third kappa shape index (κ3) is 5.51. The first-order valence-electron chi connectivity index (χ1n) is 14.1. The molecule has 6 atom stereocenters. The minimum absolute atomic E-state index is 0.0162. The molecule has 224 valence electrons. The Hall–Kier alpha value is -2.88. The smallest absolute Gasteiger partial charge is 0.353 e. The number of Topliss-reactive ketones (excluding diaryl/α,β-unsaturated/α-hetero) is 1. The molecule has 0 radical (unpaired) electrons. The summed E-state index contributed by atoms with van der Waals surface area (Å²) in [5, 5.41) is 33.9. The molecule has 0 spiro atoms. The number of carboxylic acid groups (broad SMARTS) is 1. The number of piperidine rings is 1. The Morgan fingerprint density at radius 3 is 2.63 bits per heavy atom. The highest BCUT2D eigenvalue weighted by Crippen LogP contribution is 2.53. The number of nitrogens with zero attached hydrogens (tertiary/aromatic N) is 6. The number of carbonyl (C=O) groups is 4. The summed E-state index contributed by atoms with van der Waals surface area (Å²) in [5.41, 5.74) is 5.57. The first-order valence-corrected chi connectivity index (χ1v) is 15.0. The van der Waals surface area contributed by atoms with Crippen LogP contribution < -0.4 is 11.1 Å². The minimum atomic E-state index is -1.14. The number of carbonyl (C=O) groups excluding carboxylic acids is 3. The number of rotatable bonds is 11. The number of β-lactam (4-membered cyclic amide) rings is 1. The van der Waals surface area contributed by atoms with E-state index in [1.807, 2.05) is 18.7 Å².